The van der Waals surface area contributed by atoms with Gasteiger partial charge in [-0.25, -0.2) is 12.7 Å². The Balaban J connectivity index is 2.17. The van der Waals surface area contributed by atoms with Gasteiger partial charge in [-0.05, 0) is 18.2 Å². The van der Waals surface area contributed by atoms with Crippen molar-refractivity contribution < 1.29 is 8.42 Å². The predicted molar refractivity (Wildman–Crippen MR) is 73.9 cm³/mol. The molecular formula is C11H14ClN5O2S. The molecule has 0 aliphatic rings. The van der Waals surface area contributed by atoms with Crippen molar-refractivity contribution in [3.8, 4) is 0 Å². The summed E-state index contributed by atoms with van der Waals surface area (Å²) in [6.07, 6.45) is 0. The van der Waals surface area contributed by atoms with Crippen molar-refractivity contribution in [1.82, 2.24) is 24.9 Å². The first-order valence-corrected chi connectivity index (χ1v) is 7.68. The molecule has 20 heavy (non-hydrogen) atoms. The van der Waals surface area contributed by atoms with Crippen molar-refractivity contribution in [2.75, 3.05) is 13.6 Å². The maximum atomic E-state index is 12.4. The summed E-state index contributed by atoms with van der Waals surface area (Å²) < 4.78 is 26.0. The fraction of sp³-hybridized carbons (Fsp3) is 0.364. The molecule has 0 bridgehead atoms. The van der Waals surface area contributed by atoms with Crippen molar-refractivity contribution in [3.05, 3.63) is 35.1 Å². The Morgan fingerprint density at radius 3 is 2.80 bits per heavy atom. The standard InChI is InChI=1S/C11H14ClN5O2S/c1-8(11-13-15-16-14-11)7-17(2)20(18,19)10-5-3-4-9(12)6-10/h3-6,8H,7H2,1-2H3,(H,13,14,15,16)/t8-/m0/s1. The van der Waals surface area contributed by atoms with E-state index in [1.807, 2.05) is 6.92 Å². The van der Waals surface area contributed by atoms with E-state index in [0.717, 1.165) is 0 Å². The van der Waals surface area contributed by atoms with Gasteiger partial charge in [0.15, 0.2) is 5.82 Å². The van der Waals surface area contributed by atoms with E-state index in [1.54, 1.807) is 12.1 Å². The molecule has 0 fully saturated rings. The van der Waals surface area contributed by atoms with Crippen molar-refractivity contribution in [2.24, 2.45) is 0 Å². The largest absolute Gasteiger partial charge is 0.242 e. The van der Waals surface area contributed by atoms with Gasteiger partial charge in [0.2, 0.25) is 10.0 Å². The SMILES string of the molecule is C[C@@H](CN(C)S(=O)(=O)c1cccc(Cl)c1)c1nn[nH]n1. The Bertz CT molecular complexity index is 674. The minimum Gasteiger partial charge on any atom is -0.207 e. The third-order valence-electron chi connectivity index (χ3n) is 2.84. The smallest absolute Gasteiger partial charge is 0.207 e. The molecule has 7 nitrogen and oxygen atoms in total. The second-order valence-corrected chi connectivity index (χ2v) is 6.90. The Hall–Kier alpha value is -1.51. The molecular weight excluding hydrogens is 302 g/mol. The minimum atomic E-state index is -3.58. The summed E-state index contributed by atoms with van der Waals surface area (Å²) in [5, 5.41) is 13.9. The summed E-state index contributed by atoms with van der Waals surface area (Å²) in [6.45, 7) is 2.07. The van der Waals surface area contributed by atoms with Gasteiger partial charge in [-0.2, -0.15) is 5.21 Å². The molecule has 1 atom stereocenters. The number of tetrazole rings is 1. The van der Waals surface area contributed by atoms with Gasteiger partial charge in [0, 0.05) is 24.5 Å². The molecule has 1 heterocycles. The molecule has 9 heteroatoms. The number of hydrogen-bond donors (Lipinski definition) is 1. The van der Waals surface area contributed by atoms with E-state index < -0.39 is 10.0 Å². The number of aromatic amines is 1. The molecule has 0 amide bonds. The van der Waals surface area contributed by atoms with Gasteiger partial charge >= 0.3 is 0 Å². The summed E-state index contributed by atoms with van der Waals surface area (Å²) in [5.74, 6) is 0.297. The molecule has 0 spiro atoms. The lowest BCUT2D eigenvalue weighted by Crippen LogP contribution is -2.30. The number of hydrogen-bond acceptors (Lipinski definition) is 5. The average molecular weight is 316 g/mol. The van der Waals surface area contributed by atoms with Crippen LogP contribution in [0.2, 0.25) is 5.02 Å². The van der Waals surface area contributed by atoms with Crippen LogP contribution in [0.5, 0.6) is 0 Å². The van der Waals surface area contributed by atoms with Crippen molar-refractivity contribution >= 4 is 21.6 Å². The van der Waals surface area contributed by atoms with Crippen LogP contribution in [0, 0.1) is 0 Å². The highest BCUT2D eigenvalue weighted by Crippen LogP contribution is 2.20. The van der Waals surface area contributed by atoms with Gasteiger partial charge in [0.25, 0.3) is 0 Å². The van der Waals surface area contributed by atoms with Gasteiger partial charge in [0.1, 0.15) is 0 Å². The van der Waals surface area contributed by atoms with Crippen LogP contribution in [0.3, 0.4) is 0 Å². The molecule has 0 aliphatic carbocycles. The normalized spacial score (nSPS) is 13.6. The van der Waals surface area contributed by atoms with Gasteiger partial charge in [-0.15, -0.1) is 10.2 Å². The molecule has 0 radical (unpaired) electrons. The topological polar surface area (TPSA) is 91.8 Å². The van der Waals surface area contributed by atoms with E-state index in [4.69, 9.17) is 11.6 Å². The van der Waals surface area contributed by atoms with Gasteiger partial charge < -0.3 is 0 Å². The summed E-state index contributed by atoms with van der Waals surface area (Å²) in [4.78, 5) is 0.160. The van der Waals surface area contributed by atoms with Crippen molar-refractivity contribution in [2.45, 2.75) is 17.7 Å². The quantitative estimate of drug-likeness (QED) is 0.897. The first-order chi connectivity index (χ1) is 9.41. The molecule has 108 valence electrons. The van der Waals surface area contributed by atoms with Gasteiger partial charge in [-0.1, -0.05) is 29.8 Å². The Kier molecular flexibility index (Phi) is 4.36. The fourth-order valence-corrected chi connectivity index (χ4v) is 3.31. The predicted octanol–water partition coefficient (Wildman–Crippen LogP) is 1.28. The Labute approximate surface area is 122 Å². The number of nitrogens with one attached hydrogen (secondary N) is 1. The lowest BCUT2D eigenvalue weighted by molar-refractivity contribution is 0.439. The van der Waals surface area contributed by atoms with Crippen LogP contribution in [0.15, 0.2) is 29.2 Å². The summed E-state index contributed by atoms with van der Waals surface area (Å²) in [7, 11) is -2.08. The van der Waals surface area contributed by atoms with Crippen LogP contribution in [0.25, 0.3) is 0 Å². The number of benzene rings is 1. The lowest BCUT2D eigenvalue weighted by Gasteiger charge is -2.19. The second kappa shape index (κ2) is 5.86. The summed E-state index contributed by atoms with van der Waals surface area (Å²) in [5.41, 5.74) is 0. The molecule has 2 aromatic rings. The van der Waals surface area contributed by atoms with Crippen LogP contribution in [0.1, 0.15) is 18.7 Å². The van der Waals surface area contributed by atoms with Crippen LogP contribution >= 0.6 is 11.6 Å². The van der Waals surface area contributed by atoms with E-state index >= 15 is 0 Å². The van der Waals surface area contributed by atoms with Crippen LogP contribution in [-0.4, -0.2) is 46.9 Å². The first-order valence-electron chi connectivity index (χ1n) is 5.86. The highest BCUT2D eigenvalue weighted by atomic mass is 35.5. The molecule has 0 aliphatic heterocycles. The van der Waals surface area contributed by atoms with E-state index in [-0.39, 0.29) is 17.4 Å². The van der Waals surface area contributed by atoms with Crippen LogP contribution in [-0.2, 0) is 10.0 Å². The molecule has 1 N–H and O–H groups in total. The van der Waals surface area contributed by atoms with E-state index in [2.05, 4.69) is 20.6 Å². The molecule has 0 saturated carbocycles. The number of likely N-dealkylation sites (N-methyl/N-ethyl adjacent to an activating group) is 1. The maximum Gasteiger partial charge on any atom is 0.242 e. The second-order valence-electron chi connectivity index (χ2n) is 4.41. The maximum absolute atomic E-state index is 12.4. The summed E-state index contributed by atoms with van der Waals surface area (Å²) in [6, 6.07) is 6.16. The molecule has 2 rings (SSSR count). The molecule has 1 aromatic heterocycles. The number of sulfonamides is 1. The molecule has 1 aromatic carbocycles. The summed E-state index contributed by atoms with van der Waals surface area (Å²) >= 11 is 5.83. The first kappa shape index (κ1) is 14.9. The number of halogens is 1. The monoisotopic (exact) mass is 315 g/mol. The van der Waals surface area contributed by atoms with Crippen molar-refractivity contribution in [3.63, 3.8) is 0 Å². The molecule has 0 unspecified atom stereocenters. The molecule has 0 saturated heterocycles. The van der Waals surface area contributed by atoms with Crippen molar-refractivity contribution in [1.29, 1.82) is 0 Å². The number of rotatable bonds is 5. The highest BCUT2D eigenvalue weighted by molar-refractivity contribution is 7.89. The zero-order valence-electron chi connectivity index (χ0n) is 11.0. The zero-order valence-corrected chi connectivity index (χ0v) is 12.6. The highest BCUT2D eigenvalue weighted by Gasteiger charge is 2.24. The van der Waals surface area contributed by atoms with Gasteiger partial charge in [-0.3, -0.25) is 0 Å². The third kappa shape index (κ3) is 3.14. The number of aromatic nitrogens is 4. The van der Waals surface area contributed by atoms with Crippen LogP contribution < -0.4 is 0 Å². The Morgan fingerprint density at radius 2 is 2.20 bits per heavy atom. The number of nitrogens with zero attached hydrogens (tertiary/aromatic N) is 4. The fourth-order valence-electron chi connectivity index (χ4n) is 1.75. The average Bonchev–Trinajstić information content (AvgIpc) is 2.92. The van der Waals surface area contributed by atoms with Gasteiger partial charge in [0.05, 0.1) is 4.90 Å². The van der Waals surface area contributed by atoms with Crippen LogP contribution in [0.4, 0.5) is 0 Å². The Morgan fingerprint density at radius 1 is 1.45 bits per heavy atom. The van der Waals surface area contributed by atoms with E-state index in [9.17, 15) is 8.42 Å². The lowest BCUT2D eigenvalue weighted by atomic mass is 10.2. The third-order valence-corrected chi connectivity index (χ3v) is 4.89. The van der Waals surface area contributed by atoms with E-state index in [0.29, 0.717) is 10.8 Å². The van der Waals surface area contributed by atoms with E-state index in [1.165, 1.54) is 23.5 Å². The zero-order chi connectivity index (χ0) is 14.8. The number of H-pyrrole nitrogens is 1. The minimum absolute atomic E-state index is 0.160.